The fourth-order valence-corrected chi connectivity index (χ4v) is 0.820. The molecule has 0 aromatic rings. The lowest BCUT2D eigenvalue weighted by Crippen LogP contribution is -2.22. The smallest absolute Gasteiger partial charge is 0.197 e. The number of alkyl halides is 1. The van der Waals surface area contributed by atoms with Crippen LogP contribution in [0.15, 0.2) is 0 Å². The molecule has 0 saturated carbocycles. The average molecular weight is 149 g/mol. The van der Waals surface area contributed by atoms with Gasteiger partial charge in [-0.2, -0.15) is 0 Å². The largest absolute Gasteiger partial charge is 0.364 e. The summed E-state index contributed by atoms with van der Waals surface area (Å²) in [6.45, 7) is 3.67. The fourth-order valence-electron chi connectivity index (χ4n) is 0.820. The van der Waals surface area contributed by atoms with E-state index in [0.717, 1.165) is 13.0 Å². The molecule has 2 nitrogen and oxygen atoms in total. The van der Waals surface area contributed by atoms with Crippen molar-refractivity contribution in [3.05, 3.63) is 0 Å². The van der Waals surface area contributed by atoms with Gasteiger partial charge in [0.05, 0.1) is 0 Å². The van der Waals surface area contributed by atoms with Gasteiger partial charge in [0, 0.05) is 13.0 Å². The van der Waals surface area contributed by atoms with Gasteiger partial charge in [0.1, 0.15) is 0 Å². The molecule has 0 aromatic heterocycles. The van der Waals surface area contributed by atoms with Crippen molar-refractivity contribution in [1.82, 2.24) is 4.90 Å². The summed E-state index contributed by atoms with van der Waals surface area (Å²) in [5, 5.41) is 8.28. The van der Waals surface area contributed by atoms with Gasteiger partial charge in [-0.15, -0.1) is 0 Å². The molecule has 0 spiro atoms. The number of rotatable bonds is 5. The molecule has 0 radical (unpaired) electrons. The number of aliphatic hydroxyl groups excluding tert-OH is 1. The molecule has 0 heterocycles. The van der Waals surface area contributed by atoms with E-state index in [9.17, 15) is 4.39 Å². The van der Waals surface area contributed by atoms with Crippen LogP contribution in [0.3, 0.4) is 0 Å². The van der Waals surface area contributed by atoms with E-state index in [-0.39, 0.29) is 6.42 Å². The van der Waals surface area contributed by atoms with Crippen LogP contribution >= 0.6 is 0 Å². The Balaban J connectivity index is 3.12. The zero-order valence-electron chi connectivity index (χ0n) is 6.68. The van der Waals surface area contributed by atoms with Crippen molar-refractivity contribution in [2.75, 3.05) is 20.1 Å². The Labute approximate surface area is 61.6 Å². The summed E-state index contributed by atoms with van der Waals surface area (Å²) < 4.78 is 11.8. The summed E-state index contributed by atoms with van der Waals surface area (Å²) in [5.74, 6) is 0. The van der Waals surface area contributed by atoms with E-state index in [4.69, 9.17) is 5.11 Å². The van der Waals surface area contributed by atoms with Crippen molar-refractivity contribution in [3.63, 3.8) is 0 Å². The van der Waals surface area contributed by atoms with Crippen LogP contribution in [0.5, 0.6) is 0 Å². The van der Waals surface area contributed by atoms with Crippen molar-refractivity contribution in [3.8, 4) is 0 Å². The highest BCUT2D eigenvalue weighted by atomic mass is 19.1. The molecular weight excluding hydrogens is 133 g/mol. The van der Waals surface area contributed by atoms with Gasteiger partial charge >= 0.3 is 0 Å². The summed E-state index contributed by atoms with van der Waals surface area (Å²) in [7, 11) is 1.92. The molecule has 3 heteroatoms. The lowest BCUT2D eigenvalue weighted by Gasteiger charge is -2.14. The first-order valence-corrected chi connectivity index (χ1v) is 3.67. The van der Waals surface area contributed by atoms with Gasteiger partial charge in [-0.1, -0.05) is 6.92 Å². The van der Waals surface area contributed by atoms with Crippen LogP contribution in [0.4, 0.5) is 4.39 Å². The van der Waals surface area contributed by atoms with E-state index in [1.54, 1.807) is 0 Å². The van der Waals surface area contributed by atoms with Gasteiger partial charge in [-0.05, 0) is 20.0 Å². The Hall–Kier alpha value is -0.150. The van der Waals surface area contributed by atoms with Gasteiger partial charge in [-0.25, -0.2) is 4.39 Å². The molecule has 1 N–H and O–H groups in total. The first-order chi connectivity index (χ1) is 4.66. The minimum absolute atomic E-state index is 0.219. The van der Waals surface area contributed by atoms with E-state index in [0.29, 0.717) is 6.54 Å². The van der Waals surface area contributed by atoms with Crippen LogP contribution in [0.2, 0.25) is 0 Å². The second kappa shape index (κ2) is 5.62. The monoisotopic (exact) mass is 149 g/mol. The lowest BCUT2D eigenvalue weighted by molar-refractivity contribution is 0.0273. The molecule has 0 aliphatic carbocycles. The molecular formula is C7H16FNO. The van der Waals surface area contributed by atoms with Gasteiger partial charge < -0.3 is 10.0 Å². The Morgan fingerprint density at radius 2 is 2.10 bits per heavy atom. The Bertz CT molecular complexity index is 78.0. The number of hydrogen-bond acceptors (Lipinski definition) is 2. The van der Waals surface area contributed by atoms with Crippen LogP contribution < -0.4 is 0 Å². The lowest BCUT2D eigenvalue weighted by atomic mass is 10.3. The van der Waals surface area contributed by atoms with E-state index < -0.39 is 6.36 Å². The first-order valence-electron chi connectivity index (χ1n) is 3.67. The molecule has 0 rings (SSSR count). The number of nitrogens with zero attached hydrogens (tertiary/aromatic N) is 1. The van der Waals surface area contributed by atoms with E-state index >= 15 is 0 Å². The quantitative estimate of drug-likeness (QED) is 0.630. The fraction of sp³-hybridized carbons (Fsp3) is 1.00. The Morgan fingerprint density at radius 1 is 1.50 bits per heavy atom. The molecule has 62 valence electrons. The molecule has 0 saturated heterocycles. The first kappa shape index (κ1) is 9.85. The molecule has 0 bridgehead atoms. The van der Waals surface area contributed by atoms with Crippen molar-refractivity contribution < 1.29 is 9.50 Å². The minimum Gasteiger partial charge on any atom is -0.364 e. The maximum Gasteiger partial charge on any atom is 0.197 e. The minimum atomic E-state index is -1.65. The third-order valence-corrected chi connectivity index (χ3v) is 1.35. The van der Waals surface area contributed by atoms with Crippen molar-refractivity contribution in [2.24, 2.45) is 0 Å². The molecule has 10 heavy (non-hydrogen) atoms. The maximum atomic E-state index is 11.8. The molecule has 1 unspecified atom stereocenters. The van der Waals surface area contributed by atoms with Gasteiger partial charge in [0.25, 0.3) is 0 Å². The van der Waals surface area contributed by atoms with Gasteiger partial charge in [-0.3, -0.25) is 0 Å². The molecule has 0 fully saturated rings. The molecule has 0 aliphatic heterocycles. The van der Waals surface area contributed by atoms with Gasteiger partial charge in [0.15, 0.2) is 6.36 Å². The number of hydrogen-bond donors (Lipinski definition) is 1. The highest BCUT2D eigenvalue weighted by molar-refractivity contribution is 4.50. The third-order valence-electron chi connectivity index (χ3n) is 1.35. The number of halogens is 1. The summed E-state index contributed by atoms with van der Waals surface area (Å²) in [6.07, 6.45) is -0.366. The van der Waals surface area contributed by atoms with Crippen molar-refractivity contribution in [2.45, 2.75) is 26.1 Å². The van der Waals surface area contributed by atoms with Gasteiger partial charge in [0.2, 0.25) is 0 Å². The zero-order chi connectivity index (χ0) is 7.98. The van der Waals surface area contributed by atoms with Crippen LogP contribution in [-0.2, 0) is 0 Å². The van der Waals surface area contributed by atoms with Crippen LogP contribution in [-0.4, -0.2) is 36.5 Å². The normalized spacial score (nSPS) is 14.1. The van der Waals surface area contributed by atoms with Crippen LogP contribution in [0, 0.1) is 0 Å². The van der Waals surface area contributed by atoms with Crippen LogP contribution in [0.1, 0.15) is 19.8 Å². The maximum absolute atomic E-state index is 11.8. The number of aliphatic hydroxyl groups is 1. The highest BCUT2D eigenvalue weighted by Crippen LogP contribution is 1.95. The molecule has 0 amide bonds. The molecule has 0 aliphatic rings. The highest BCUT2D eigenvalue weighted by Gasteiger charge is 2.01. The Kier molecular flexibility index (Phi) is 5.54. The van der Waals surface area contributed by atoms with E-state index in [1.807, 2.05) is 11.9 Å². The SMILES string of the molecule is CCCN(C)CCC(O)F. The summed E-state index contributed by atoms with van der Waals surface area (Å²) >= 11 is 0. The van der Waals surface area contributed by atoms with E-state index in [2.05, 4.69) is 6.92 Å². The van der Waals surface area contributed by atoms with Crippen LogP contribution in [0.25, 0.3) is 0 Å². The summed E-state index contributed by atoms with van der Waals surface area (Å²) in [5.41, 5.74) is 0. The predicted molar refractivity (Wildman–Crippen MR) is 39.5 cm³/mol. The molecule has 0 aromatic carbocycles. The van der Waals surface area contributed by atoms with E-state index in [1.165, 1.54) is 0 Å². The standard InChI is InChI=1S/C7H16FNO/c1-3-5-9(2)6-4-7(8)10/h7,10H,3-6H2,1-2H3. The van der Waals surface area contributed by atoms with Crippen molar-refractivity contribution >= 4 is 0 Å². The summed E-state index contributed by atoms with van der Waals surface area (Å²) in [6, 6.07) is 0. The summed E-state index contributed by atoms with van der Waals surface area (Å²) in [4.78, 5) is 2.00. The second-order valence-corrected chi connectivity index (χ2v) is 2.53. The van der Waals surface area contributed by atoms with Crippen molar-refractivity contribution in [1.29, 1.82) is 0 Å². The topological polar surface area (TPSA) is 23.5 Å². The Morgan fingerprint density at radius 3 is 2.50 bits per heavy atom. The second-order valence-electron chi connectivity index (χ2n) is 2.53. The average Bonchev–Trinajstić information content (AvgIpc) is 1.85. The third kappa shape index (κ3) is 5.98. The predicted octanol–water partition coefficient (Wildman–Crippen LogP) is 1.01. The zero-order valence-corrected chi connectivity index (χ0v) is 6.68. The molecule has 1 atom stereocenters.